The highest BCUT2D eigenvalue weighted by Gasteiger charge is 2.28. The monoisotopic (exact) mass is 456 g/mol. The van der Waals surface area contributed by atoms with E-state index in [-0.39, 0.29) is 0 Å². The maximum atomic E-state index is 6.63. The van der Waals surface area contributed by atoms with Gasteiger partial charge in [-0.15, -0.1) is 0 Å². The molecule has 0 radical (unpaired) electrons. The third-order valence-electron chi connectivity index (χ3n) is 5.88. The SMILES string of the molecule is Cc1cc(C)c(N=C2C(=Nc3c(C)cc(C)cc3Cl)c3cccc4cccc2c34)c(Cl)c1. The van der Waals surface area contributed by atoms with Crippen LogP contribution in [0, 0.1) is 27.7 Å². The highest BCUT2D eigenvalue weighted by Crippen LogP contribution is 2.38. The molecule has 1 aliphatic rings. The van der Waals surface area contributed by atoms with Crippen LogP contribution in [0.25, 0.3) is 10.8 Å². The molecular formula is C28H22Cl2N2. The third-order valence-corrected chi connectivity index (χ3v) is 6.46. The fraction of sp³-hybridized carbons (Fsp3) is 0.143. The van der Waals surface area contributed by atoms with Gasteiger partial charge >= 0.3 is 0 Å². The summed E-state index contributed by atoms with van der Waals surface area (Å²) in [5.41, 5.74) is 9.62. The molecule has 0 atom stereocenters. The molecular weight excluding hydrogens is 435 g/mol. The minimum Gasteiger partial charge on any atom is -0.244 e. The quantitative estimate of drug-likeness (QED) is 0.288. The zero-order valence-electron chi connectivity index (χ0n) is 18.4. The fourth-order valence-corrected chi connectivity index (χ4v) is 5.27. The number of rotatable bonds is 2. The minimum absolute atomic E-state index is 0.641. The van der Waals surface area contributed by atoms with Gasteiger partial charge in [0, 0.05) is 16.5 Å². The van der Waals surface area contributed by atoms with Gasteiger partial charge in [0.15, 0.2) is 0 Å². The second-order valence-electron chi connectivity index (χ2n) is 8.45. The van der Waals surface area contributed by atoms with Gasteiger partial charge in [-0.25, -0.2) is 9.98 Å². The summed E-state index contributed by atoms with van der Waals surface area (Å²) in [6, 6.07) is 20.7. The van der Waals surface area contributed by atoms with Gasteiger partial charge in [0.25, 0.3) is 0 Å². The summed E-state index contributed by atoms with van der Waals surface area (Å²) < 4.78 is 0. The summed E-state index contributed by atoms with van der Waals surface area (Å²) in [5, 5.41) is 3.61. The summed E-state index contributed by atoms with van der Waals surface area (Å²) in [6.07, 6.45) is 0. The van der Waals surface area contributed by atoms with Crippen molar-refractivity contribution >= 4 is 56.8 Å². The van der Waals surface area contributed by atoms with Crippen molar-refractivity contribution < 1.29 is 0 Å². The molecule has 0 saturated heterocycles. The summed E-state index contributed by atoms with van der Waals surface area (Å²) in [4.78, 5) is 10.2. The van der Waals surface area contributed by atoms with E-state index >= 15 is 0 Å². The lowest BCUT2D eigenvalue weighted by Crippen LogP contribution is -2.10. The number of benzene rings is 4. The first kappa shape index (κ1) is 20.9. The van der Waals surface area contributed by atoms with E-state index in [0.29, 0.717) is 10.0 Å². The lowest BCUT2D eigenvalue weighted by atomic mass is 10.1. The smallest absolute Gasteiger partial charge is 0.0979 e. The topological polar surface area (TPSA) is 24.7 Å². The van der Waals surface area contributed by atoms with Crippen molar-refractivity contribution in [3.63, 3.8) is 0 Å². The molecule has 1 aliphatic carbocycles. The van der Waals surface area contributed by atoms with Crippen molar-refractivity contribution in [1.82, 2.24) is 0 Å². The molecule has 4 aromatic carbocycles. The number of aryl methyl sites for hydroxylation is 4. The van der Waals surface area contributed by atoms with E-state index in [1.54, 1.807) is 0 Å². The third kappa shape index (κ3) is 3.44. The zero-order chi connectivity index (χ0) is 22.6. The van der Waals surface area contributed by atoms with Gasteiger partial charge in [0.1, 0.15) is 0 Å². The summed E-state index contributed by atoms with van der Waals surface area (Å²) >= 11 is 13.3. The van der Waals surface area contributed by atoms with Crippen LogP contribution in [-0.4, -0.2) is 11.4 Å². The second kappa shape index (κ2) is 7.88. The van der Waals surface area contributed by atoms with E-state index in [1.165, 1.54) is 0 Å². The van der Waals surface area contributed by atoms with Crippen molar-refractivity contribution in [2.45, 2.75) is 27.7 Å². The number of aliphatic imine (C=N–C) groups is 2. The van der Waals surface area contributed by atoms with E-state index in [1.807, 2.05) is 39.8 Å². The van der Waals surface area contributed by atoms with Gasteiger partial charge in [-0.05, 0) is 67.5 Å². The van der Waals surface area contributed by atoms with Crippen LogP contribution in [0.1, 0.15) is 33.4 Å². The molecule has 0 bridgehead atoms. The number of halogens is 2. The van der Waals surface area contributed by atoms with Crippen molar-refractivity contribution in [2.75, 3.05) is 0 Å². The summed E-state index contributed by atoms with van der Waals surface area (Å²) in [7, 11) is 0. The molecule has 0 unspecified atom stereocenters. The molecule has 0 aromatic heterocycles. The number of nitrogens with zero attached hydrogens (tertiary/aromatic N) is 2. The second-order valence-corrected chi connectivity index (χ2v) is 9.27. The van der Waals surface area contributed by atoms with Gasteiger partial charge in [-0.1, -0.05) is 71.7 Å². The van der Waals surface area contributed by atoms with Crippen LogP contribution in [0.4, 0.5) is 11.4 Å². The fourth-order valence-electron chi connectivity index (χ4n) is 4.54. The highest BCUT2D eigenvalue weighted by atomic mass is 35.5. The molecule has 2 nitrogen and oxygen atoms in total. The van der Waals surface area contributed by atoms with Crippen molar-refractivity contribution in [3.8, 4) is 0 Å². The Morgan fingerprint density at radius 2 is 1.03 bits per heavy atom. The summed E-state index contributed by atoms with van der Waals surface area (Å²) in [5.74, 6) is 0. The predicted octanol–water partition coefficient (Wildman–Crippen LogP) is 8.64. The van der Waals surface area contributed by atoms with Crippen LogP contribution in [0.2, 0.25) is 10.0 Å². The van der Waals surface area contributed by atoms with Gasteiger partial charge in [0.05, 0.1) is 32.8 Å². The first-order valence-corrected chi connectivity index (χ1v) is 11.3. The average Bonchev–Trinajstić information content (AvgIpc) is 3.02. The van der Waals surface area contributed by atoms with Crippen LogP contribution in [-0.2, 0) is 0 Å². The van der Waals surface area contributed by atoms with E-state index in [9.17, 15) is 0 Å². The summed E-state index contributed by atoms with van der Waals surface area (Å²) in [6.45, 7) is 8.16. The van der Waals surface area contributed by atoms with E-state index in [4.69, 9.17) is 33.2 Å². The molecule has 0 spiro atoms. The van der Waals surface area contributed by atoms with Gasteiger partial charge in [-0.3, -0.25) is 0 Å². The molecule has 4 heteroatoms. The Balaban J connectivity index is 1.84. The zero-order valence-corrected chi connectivity index (χ0v) is 19.9. The largest absolute Gasteiger partial charge is 0.244 e. The lowest BCUT2D eigenvalue weighted by Gasteiger charge is -2.10. The molecule has 0 saturated carbocycles. The Hall–Kier alpha value is -2.94. The molecule has 0 fully saturated rings. The van der Waals surface area contributed by atoms with Crippen molar-refractivity contribution in [3.05, 3.63) is 104 Å². The lowest BCUT2D eigenvalue weighted by molar-refractivity contribution is 1.34. The maximum absolute atomic E-state index is 6.63. The first-order valence-electron chi connectivity index (χ1n) is 10.6. The van der Waals surface area contributed by atoms with Crippen LogP contribution in [0.15, 0.2) is 70.6 Å². The average molecular weight is 457 g/mol. The van der Waals surface area contributed by atoms with E-state index in [0.717, 1.165) is 67.0 Å². The minimum atomic E-state index is 0.641. The molecule has 4 aromatic rings. The van der Waals surface area contributed by atoms with Gasteiger partial charge < -0.3 is 0 Å². The van der Waals surface area contributed by atoms with Gasteiger partial charge in [0.2, 0.25) is 0 Å². The van der Waals surface area contributed by atoms with E-state index in [2.05, 4.69) is 48.5 Å². The molecule has 0 amide bonds. The Morgan fingerprint density at radius 3 is 1.44 bits per heavy atom. The van der Waals surface area contributed by atoms with Crippen LogP contribution in [0.3, 0.4) is 0 Å². The van der Waals surface area contributed by atoms with Crippen LogP contribution in [0.5, 0.6) is 0 Å². The molecule has 5 rings (SSSR count). The Morgan fingerprint density at radius 1 is 0.594 bits per heavy atom. The van der Waals surface area contributed by atoms with E-state index < -0.39 is 0 Å². The molecule has 32 heavy (non-hydrogen) atoms. The number of hydrogen-bond donors (Lipinski definition) is 0. The molecule has 0 aliphatic heterocycles. The van der Waals surface area contributed by atoms with Crippen molar-refractivity contribution in [2.24, 2.45) is 9.98 Å². The normalized spacial score (nSPS) is 15.3. The van der Waals surface area contributed by atoms with Crippen LogP contribution < -0.4 is 0 Å². The first-order chi connectivity index (χ1) is 15.3. The molecule has 158 valence electrons. The molecule has 0 N–H and O–H groups in total. The Labute approximate surface area is 198 Å². The highest BCUT2D eigenvalue weighted by molar-refractivity contribution is 6.61. The van der Waals surface area contributed by atoms with Crippen molar-refractivity contribution in [1.29, 1.82) is 0 Å². The number of hydrogen-bond acceptors (Lipinski definition) is 2. The standard InChI is InChI=1S/C28H22Cl2N2/c1-15-11-17(3)25(22(29)13-15)31-27-20-9-5-7-19-8-6-10-21(24(19)20)28(27)32-26-18(4)12-16(2)14-23(26)30/h5-14H,1-4H3. The predicted molar refractivity (Wildman–Crippen MR) is 138 cm³/mol. The van der Waals surface area contributed by atoms with Gasteiger partial charge in [-0.2, -0.15) is 0 Å². The maximum Gasteiger partial charge on any atom is 0.0979 e. The van der Waals surface area contributed by atoms with Crippen LogP contribution >= 0.6 is 23.2 Å². The Kier molecular flexibility index (Phi) is 5.16. The molecule has 0 heterocycles. The Bertz CT molecular complexity index is 1320.